The molecule has 5 rings (SSSR count). The van der Waals surface area contributed by atoms with Gasteiger partial charge >= 0.3 is 6.03 Å². The number of benzene rings is 2. The monoisotopic (exact) mass is 523 g/mol. The highest BCUT2D eigenvalue weighted by Crippen LogP contribution is 2.56. The van der Waals surface area contributed by atoms with Gasteiger partial charge in [0.25, 0.3) is 0 Å². The normalized spacial score (nSPS) is 23.3. The van der Waals surface area contributed by atoms with E-state index in [2.05, 4.69) is 23.3 Å². The first kappa shape index (κ1) is 26.4. The van der Waals surface area contributed by atoms with Gasteiger partial charge in [-0.3, -0.25) is 9.88 Å². The molecule has 3 N–H and O–H groups in total. The minimum atomic E-state index is -0.286. The average molecular weight is 524 g/mol. The van der Waals surface area contributed by atoms with Gasteiger partial charge in [-0.25, -0.2) is 14.2 Å². The van der Waals surface area contributed by atoms with E-state index in [0.717, 1.165) is 48.3 Å². The molecule has 2 amide bonds. The number of pyridine rings is 1. The predicted octanol–water partition coefficient (Wildman–Crippen LogP) is 6.86. The summed E-state index contributed by atoms with van der Waals surface area (Å²) in [5.74, 6) is 0.0201. The number of nitrogens with zero attached hydrogens (tertiary/aromatic N) is 3. The molecule has 1 aromatic heterocycles. The van der Waals surface area contributed by atoms with E-state index in [1.807, 2.05) is 48.5 Å². The fourth-order valence-corrected chi connectivity index (χ4v) is 5.85. The topological polar surface area (TPSA) is 83.6 Å². The maximum Gasteiger partial charge on any atom is 0.322 e. The van der Waals surface area contributed by atoms with Crippen LogP contribution in [0.5, 0.6) is 0 Å². The molecule has 2 aromatic carbocycles. The third-order valence-corrected chi connectivity index (χ3v) is 8.18. The molecule has 3 atom stereocenters. The molecule has 200 valence electrons. The third kappa shape index (κ3) is 5.62. The number of urea groups is 1. The van der Waals surface area contributed by atoms with Gasteiger partial charge in [-0.1, -0.05) is 36.8 Å². The Morgan fingerprint density at radius 1 is 1.18 bits per heavy atom. The van der Waals surface area contributed by atoms with E-state index in [0.29, 0.717) is 11.6 Å². The first-order valence-corrected chi connectivity index (χ1v) is 13.3. The maximum atomic E-state index is 13.4. The van der Waals surface area contributed by atoms with E-state index in [1.165, 1.54) is 17.7 Å². The summed E-state index contributed by atoms with van der Waals surface area (Å²) in [6.07, 6.45) is 9.03. The summed E-state index contributed by atoms with van der Waals surface area (Å²) in [6.45, 7) is 2.29. The van der Waals surface area contributed by atoms with Crippen LogP contribution < -0.4 is 16.0 Å². The number of anilines is 1. The zero-order valence-electron chi connectivity index (χ0n) is 22.3. The number of carbonyl (C=O) groups is 1. The molecule has 7 heteroatoms. The SMILES string of the molecule is CN(C(=O)NC(C[C@H]1CCC2=CC(=Nc3ccc(F)cc3)C(=CN)C[C@@]21C)c1ccccn1)c1ccccc1. The Morgan fingerprint density at radius 3 is 2.62 bits per heavy atom. The molecule has 1 unspecified atom stereocenters. The van der Waals surface area contributed by atoms with Gasteiger partial charge in [0.15, 0.2) is 0 Å². The Kier molecular flexibility index (Phi) is 7.59. The van der Waals surface area contributed by atoms with Crippen LogP contribution in [0.3, 0.4) is 0 Å². The van der Waals surface area contributed by atoms with E-state index in [9.17, 15) is 9.18 Å². The molecule has 0 saturated heterocycles. The van der Waals surface area contributed by atoms with Gasteiger partial charge in [0.2, 0.25) is 0 Å². The van der Waals surface area contributed by atoms with Crippen LogP contribution in [0.25, 0.3) is 0 Å². The summed E-state index contributed by atoms with van der Waals surface area (Å²) in [6, 6.07) is 21.2. The zero-order valence-corrected chi connectivity index (χ0v) is 22.3. The number of nitrogens with one attached hydrogen (secondary N) is 1. The van der Waals surface area contributed by atoms with Crippen LogP contribution in [0.15, 0.2) is 107 Å². The van der Waals surface area contributed by atoms with Crippen LogP contribution in [0.4, 0.5) is 20.6 Å². The maximum absolute atomic E-state index is 13.4. The quantitative estimate of drug-likeness (QED) is 0.370. The Labute approximate surface area is 229 Å². The lowest BCUT2D eigenvalue weighted by atomic mass is 9.67. The van der Waals surface area contributed by atoms with Crippen molar-refractivity contribution in [3.63, 3.8) is 0 Å². The van der Waals surface area contributed by atoms with Crippen molar-refractivity contribution in [2.24, 2.45) is 22.1 Å². The average Bonchev–Trinajstić information content (AvgIpc) is 3.28. The first-order chi connectivity index (χ1) is 18.9. The van der Waals surface area contributed by atoms with E-state index in [1.54, 1.807) is 36.5 Å². The molecule has 6 nitrogen and oxygen atoms in total. The number of rotatable bonds is 6. The van der Waals surface area contributed by atoms with E-state index < -0.39 is 0 Å². The van der Waals surface area contributed by atoms with Crippen LogP contribution in [-0.4, -0.2) is 23.8 Å². The fraction of sp³-hybridized carbons (Fsp3) is 0.281. The van der Waals surface area contributed by atoms with Crippen molar-refractivity contribution in [3.8, 4) is 0 Å². The molecule has 3 aromatic rings. The van der Waals surface area contributed by atoms with Gasteiger partial charge in [-0.2, -0.15) is 0 Å². The Balaban J connectivity index is 1.40. The summed E-state index contributed by atoms with van der Waals surface area (Å²) in [5, 5.41) is 3.25. The number of hydrogen-bond acceptors (Lipinski definition) is 4. The molecule has 0 radical (unpaired) electrons. The smallest absolute Gasteiger partial charge is 0.322 e. The van der Waals surface area contributed by atoms with E-state index in [4.69, 9.17) is 10.7 Å². The summed E-state index contributed by atoms with van der Waals surface area (Å²) >= 11 is 0. The van der Waals surface area contributed by atoms with E-state index >= 15 is 0 Å². The Morgan fingerprint density at radius 2 is 1.92 bits per heavy atom. The summed E-state index contributed by atoms with van der Waals surface area (Å²) < 4.78 is 13.4. The number of para-hydroxylation sites is 1. The van der Waals surface area contributed by atoms with Gasteiger partial charge in [-0.05, 0) is 103 Å². The van der Waals surface area contributed by atoms with Gasteiger partial charge < -0.3 is 11.1 Å². The summed E-state index contributed by atoms with van der Waals surface area (Å²) in [7, 11) is 1.78. The van der Waals surface area contributed by atoms with E-state index in [-0.39, 0.29) is 23.3 Å². The molecule has 1 saturated carbocycles. The molecule has 39 heavy (non-hydrogen) atoms. The van der Waals surface area contributed by atoms with Crippen LogP contribution in [0.2, 0.25) is 0 Å². The lowest BCUT2D eigenvalue weighted by Gasteiger charge is -2.39. The first-order valence-electron chi connectivity index (χ1n) is 13.3. The summed E-state index contributed by atoms with van der Waals surface area (Å²) in [4.78, 5) is 24.3. The van der Waals surface area contributed by atoms with Gasteiger partial charge in [-0.15, -0.1) is 0 Å². The molecular formula is C32H34FN5O. The number of aliphatic imine (C=N–C) groups is 1. The number of allylic oxidation sites excluding steroid dienone is 3. The standard InChI is InChI=1S/C32H34FN5O/c1-32-20-22(21-34)29(36-26-15-13-25(33)14-16-26)18-23(32)11-12-24(32)19-30(28-10-6-7-17-35-28)37-31(39)38(2)27-8-4-3-5-9-27/h3-10,13-18,21,24,30H,11-12,19-20,34H2,1-2H3,(H,37,39)/t24-,30?,32+/m1/s1. The van der Waals surface area contributed by atoms with Crippen molar-refractivity contribution < 1.29 is 9.18 Å². The van der Waals surface area contributed by atoms with Crippen molar-refractivity contribution in [3.05, 3.63) is 114 Å². The fourth-order valence-electron chi connectivity index (χ4n) is 5.85. The largest absolute Gasteiger partial charge is 0.404 e. The van der Waals surface area contributed by atoms with Crippen LogP contribution in [0.1, 0.15) is 44.3 Å². The lowest BCUT2D eigenvalue weighted by molar-refractivity contribution is 0.219. The van der Waals surface area contributed by atoms with Crippen LogP contribution >= 0.6 is 0 Å². The van der Waals surface area contributed by atoms with Gasteiger partial charge in [0, 0.05) is 18.9 Å². The van der Waals surface area contributed by atoms with Gasteiger partial charge in [0.1, 0.15) is 5.82 Å². The molecule has 0 aliphatic heterocycles. The highest BCUT2D eigenvalue weighted by Gasteiger charge is 2.46. The Bertz CT molecular complexity index is 1400. The molecule has 0 spiro atoms. The number of halogens is 1. The van der Waals surface area contributed by atoms with Crippen molar-refractivity contribution in [1.82, 2.24) is 10.3 Å². The van der Waals surface area contributed by atoms with Crippen LogP contribution in [0, 0.1) is 17.2 Å². The zero-order chi connectivity index (χ0) is 27.4. The number of nitrogens with two attached hydrogens (primary N) is 1. The number of fused-ring (bicyclic) bond motifs is 1. The molecule has 1 heterocycles. The van der Waals surface area contributed by atoms with Crippen molar-refractivity contribution in [2.75, 3.05) is 11.9 Å². The molecule has 1 fully saturated rings. The van der Waals surface area contributed by atoms with Crippen molar-refractivity contribution in [2.45, 2.75) is 38.6 Å². The predicted molar refractivity (Wildman–Crippen MR) is 154 cm³/mol. The number of carbonyl (C=O) groups excluding carboxylic acids is 1. The second-order valence-electron chi connectivity index (χ2n) is 10.6. The molecule has 2 aliphatic carbocycles. The lowest BCUT2D eigenvalue weighted by Crippen LogP contribution is -2.41. The highest BCUT2D eigenvalue weighted by atomic mass is 19.1. The minimum absolute atomic E-state index is 0.115. The van der Waals surface area contributed by atoms with Crippen molar-refractivity contribution in [1.29, 1.82) is 0 Å². The number of hydrogen-bond donors (Lipinski definition) is 2. The molecule has 0 bridgehead atoms. The summed E-state index contributed by atoms with van der Waals surface area (Å²) in [5.41, 5.74) is 11.5. The minimum Gasteiger partial charge on any atom is -0.404 e. The number of aromatic nitrogens is 1. The third-order valence-electron chi connectivity index (χ3n) is 8.18. The Hall–Kier alpha value is -4.26. The number of amides is 2. The molecular weight excluding hydrogens is 489 g/mol. The van der Waals surface area contributed by atoms with Crippen molar-refractivity contribution >= 4 is 23.1 Å². The van der Waals surface area contributed by atoms with Crippen LogP contribution in [-0.2, 0) is 0 Å². The molecule has 2 aliphatic rings. The second kappa shape index (κ2) is 11.2. The highest BCUT2D eigenvalue weighted by molar-refractivity contribution is 6.11. The second-order valence-corrected chi connectivity index (χ2v) is 10.6. The van der Waals surface area contributed by atoms with Gasteiger partial charge in [0.05, 0.1) is 23.1 Å².